The highest BCUT2D eigenvalue weighted by Crippen LogP contribution is 2.28. The van der Waals surface area contributed by atoms with Crippen molar-refractivity contribution in [2.45, 2.75) is 38.3 Å². The summed E-state index contributed by atoms with van der Waals surface area (Å²) < 4.78 is 4.60. The van der Waals surface area contributed by atoms with Crippen LogP contribution in [0.4, 0.5) is 0 Å². The van der Waals surface area contributed by atoms with E-state index in [9.17, 15) is 0 Å². The second-order valence-corrected chi connectivity index (χ2v) is 7.85. The number of hydrogen-bond acceptors (Lipinski definition) is 3. The van der Waals surface area contributed by atoms with Gasteiger partial charge in [0.05, 0.1) is 22.1 Å². The number of nitrogens with zero attached hydrogens (tertiary/aromatic N) is 5. The minimum Gasteiger partial charge on any atom is -0.327 e. The maximum atomic E-state index is 5.06. The van der Waals surface area contributed by atoms with Gasteiger partial charge in [-0.1, -0.05) is 18.6 Å². The van der Waals surface area contributed by atoms with Crippen LogP contribution in [0, 0.1) is 0 Å². The molecule has 0 bridgehead atoms. The predicted octanol–water partition coefficient (Wildman–Crippen LogP) is 3.79. The lowest BCUT2D eigenvalue weighted by molar-refractivity contribution is 0.152. The van der Waals surface area contributed by atoms with Crippen LogP contribution in [0.1, 0.15) is 25.1 Å². The van der Waals surface area contributed by atoms with Gasteiger partial charge in [-0.2, -0.15) is 0 Å². The van der Waals surface area contributed by atoms with Crippen LogP contribution < -0.4 is 0 Å². The molecule has 0 aliphatic carbocycles. The molecule has 2 aromatic carbocycles. The van der Waals surface area contributed by atoms with E-state index in [-0.39, 0.29) is 0 Å². The number of imidazole rings is 2. The minimum absolute atomic E-state index is 0.675. The molecule has 136 valence electrons. The van der Waals surface area contributed by atoms with E-state index in [1.807, 2.05) is 12.4 Å². The zero-order valence-corrected chi connectivity index (χ0v) is 15.4. The van der Waals surface area contributed by atoms with Gasteiger partial charge in [-0.3, -0.25) is 9.47 Å². The number of hydrogen-bond donors (Lipinski definition) is 0. The van der Waals surface area contributed by atoms with E-state index in [2.05, 4.69) is 55.4 Å². The molecule has 2 aliphatic rings. The summed E-state index contributed by atoms with van der Waals surface area (Å²) in [6, 6.07) is 15.6. The van der Waals surface area contributed by atoms with Crippen LogP contribution in [-0.2, 0) is 13.0 Å². The van der Waals surface area contributed by atoms with Crippen molar-refractivity contribution in [3.05, 3.63) is 54.6 Å². The second-order valence-electron chi connectivity index (χ2n) is 7.85. The van der Waals surface area contributed by atoms with E-state index < -0.39 is 0 Å². The van der Waals surface area contributed by atoms with E-state index in [4.69, 9.17) is 4.98 Å². The molecule has 1 saturated heterocycles. The number of aromatic nitrogens is 4. The molecule has 5 heteroatoms. The smallest absolute Gasteiger partial charge is 0.111 e. The molecule has 0 spiro atoms. The lowest BCUT2D eigenvalue weighted by atomic mass is 10.00. The topological polar surface area (TPSA) is 38.9 Å². The van der Waals surface area contributed by atoms with Crippen LogP contribution in [0.15, 0.2) is 48.8 Å². The van der Waals surface area contributed by atoms with Crippen molar-refractivity contribution in [2.24, 2.45) is 0 Å². The molecular weight excluding hydrogens is 334 g/mol. The average Bonchev–Trinajstić information content (AvgIpc) is 3.23. The number of piperidine rings is 1. The van der Waals surface area contributed by atoms with Gasteiger partial charge in [0.25, 0.3) is 0 Å². The second kappa shape index (κ2) is 5.92. The molecule has 6 rings (SSSR count). The van der Waals surface area contributed by atoms with Crippen molar-refractivity contribution >= 4 is 22.1 Å². The Bertz CT molecular complexity index is 1140. The van der Waals surface area contributed by atoms with Crippen LogP contribution in [-0.4, -0.2) is 43.1 Å². The monoisotopic (exact) mass is 357 g/mol. The Morgan fingerprint density at radius 3 is 2.85 bits per heavy atom. The van der Waals surface area contributed by atoms with Crippen LogP contribution in [0.3, 0.4) is 0 Å². The largest absolute Gasteiger partial charge is 0.327 e. The highest BCUT2D eigenvalue weighted by atomic mass is 15.2. The summed E-state index contributed by atoms with van der Waals surface area (Å²) in [6.45, 7) is 3.46. The molecule has 4 heterocycles. The van der Waals surface area contributed by atoms with Gasteiger partial charge >= 0.3 is 0 Å². The summed E-state index contributed by atoms with van der Waals surface area (Å²) in [7, 11) is 0. The summed E-state index contributed by atoms with van der Waals surface area (Å²) >= 11 is 0. The van der Waals surface area contributed by atoms with Gasteiger partial charge in [-0.25, -0.2) is 9.97 Å². The van der Waals surface area contributed by atoms with Gasteiger partial charge in [0.15, 0.2) is 0 Å². The summed E-state index contributed by atoms with van der Waals surface area (Å²) in [4.78, 5) is 12.3. The maximum absolute atomic E-state index is 5.06. The molecule has 2 aromatic heterocycles. The quantitative estimate of drug-likeness (QED) is 0.520. The first kappa shape index (κ1) is 15.4. The number of fused-ring (bicyclic) bond motifs is 5. The third kappa shape index (κ3) is 2.42. The van der Waals surface area contributed by atoms with Gasteiger partial charge in [0.1, 0.15) is 12.2 Å². The molecule has 1 unspecified atom stereocenters. The predicted molar refractivity (Wildman–Crippen MR) is 107 cm³/mol. The number of para-hydroxylation sites is 2. The van der Waals surface area contributed by atoms with E-state index in [1.165, 1.54) is 37.1 Å². The van der Waals surface area contributed by atoms with E-state index >= 15 is 0 Å². The highest BCUT2D eigenvalue weighted by Gasteiger charge is 2.28. The van der Waals surface area contributed by atoms with Crippen molar-refractivity contribution in [2.75, 3.05) is 13.1 Å². The Hall–Kier alpha value is -2.66. The molecule has 0 saturated carbocycles. The fourth-order valence-electron chi connectivity index (χ4n) is 4.91. The molecule has 1 atom stereocenters. The maximum Gasteiger partial charge on any atom is 0.111 e. The standard InChI is InChI=1S/C22H23N5/c1-2-7-20-18(6-1)23-15-27(20)17-8-9-21-19(13-17)24-22-14-16-5-3-4-10-25(16)11-12-26(21)22/h1-2,6-9,13,15-16H,3-5,10-12,14H2. The third-order valence-electron chi connectivity index (χ3n) is 6.32. The molecule has 4 aromatic rings. The average molecular weight is 357 g/mol. The molecule has 27 heavy (non-hydrogen) atoms. The van der Waals surface area contributed by atoms with Crippen LogP contribution in [0.25, 0.3) is 27.8 Å². The Balaban J connectivity index is 1.44. The first-order valence-electron chi connectivity index (χ1n) is 10.0. The van der Waals surface area contributed by atoms with Crippen molar-refractivity contribution in [1.82, 2.24) is 24.0 Å². The van der Waals surface area contributed by atoms with Crippen LogP contribution in [0.2, 0.25) is 0 Å². The molecule has 0 radical (unpaired) electrons. The molecule has 5 nitrogen and oxygen atoms in total. The Labute approximate surface area is 158 Å². The summed E-state index contributed by atoms with van der Waals surface area (Å²) in [5, 5.41) is 0. The first-order chi connectivity index (χ1) is 13.4. The van der Waals surface area contributed by atoms with Crippen LogP contribution in [0.5, 0.6) is 0 Å². The molecular formula is C22H23N5. The van der Waals surface area contributed by atoms with E-state index in [0.29, 0.717) is 6.04 Å². The van der Waals surface area contributed by atoms with E-state index in [0.717, 1.165) is 41.7 Å². The van der Waals surface area contributed by atoms with Crippen molar-refractivity contribution < 1.29 is 0 Å². The Kier molecular flexibility index (Phi) is 3.38. The van der Waals surface area contributed by atoms with E-state index in [1.54, 1.807) is 0 Å². The van der Waals surface area contributed by atoms with Gasteiger partial charge in [0.2, 0.25) is 0 Å². The van der Waals surface area contributed by atoms with Gasteiger partial charge < -0.3 is 4.57 Å². The first-order valence-corrected chi connectivity index (χ1v) is 10.0. The summed E-state index contributed by atoms with van der Waals surface area (Å²) in [6.07, 6.45) is 7.02. The zero-order chi connectivity index (χ0) is 17.8. The Morgan fingerprint density at radius 2 is 1.85 bits per heavy atom. The number of rotatable bonds is 1. The SMILES string of the molecule is c1ccc2c(c1)ncn2-c1ccc2c(c1)nc1n2CCN2CCCCC2C1. The normalized spacial score (nSPS) is 20.5. The lowest BCUT2D eigenvalue weighted by Gasteiger charge is -2.33. The molecule has 2 aliphatic heterocycles. The molecule has 0 N–H and O–H groups in total. The fourth-order valence-corrected chi connectivity index (χ4v) is 4.91. The van der Waals surface area contributed by atoms with Gasteiger partial charge in [0, 0.05) is 31.2 Å². The zero-order valence-electron chi connectivity index (χ0n) is 15.4. The van der Waals surface area contributed by atoms with Crippen LogP contribution >= 0.6 is 0 Å². The van der Waals surface area contributed by atoms with Crippen molar-refractivity contribution in [1.29, 1.82) is 0 Å². The van der Waals surface area contributed by atoms with Gasteiger partial charge in [-0.05, 0) is 49.7 Å². The highest BCUT2D eigenvalue weighted by molar-refractivity contribution is 5.82. The molecule has 0 amide bonds. The summed E-state index contributed by atoms with van der Waals surface area (Å²) in [5.74, 6) is 1.26. The summed E-state index contributed by atoms with van der Waals surface area (Å²) in [5.41, 5.74) is 5.65. The van der Waals surface area contributed by atoms with Gasteiger partial charge in [-0.15, -0.1) is 0 Å². The molecule has 1 fully saturated rings. The lowest BCUT2D eigenvalue weighted by Crippen LogP contribution is -2.40. The van der Waals surface area contributed by atoms with Crippen molar-refractivity contribution in [3.63, 3.8) is 0 Å². The number of benzene rings is 2. The van der Waals surface area contributed by atoms with Crippen molar-refractivity contribution in [3.8, 4) is 5.69 Å². The third-order valence-corrected chi connectivity index (χ3v) is 6.32. The Morgan fingerprint density at radius 1 is 0.889 bits per heavy atom. The fraction of sp³-hybridized carbons (Fsp3) is 0.364. The minimum atomic E-state index is 0.675.